The first-order valence-corrected chi connectivity index (χ1v) is 10.1. The highest BCUT2D eigenvalue weighted by molar-refractivity contribution is 5.91. The van der Waals surface area contributed by atoms with Crippen molar-refractivity contribution in [2.45, 2.75) is 13.0 Å². The standard InChI is InChI=1S/C24H22N2O8/c1-4-11-32-23(29)25-16-7-5-15(6-8-16)21(22(28)31-3)34-24(30)26-17-9-10-18-14(2)12-20(27)33-19(18)13-17/h4-10,12-13,21H,1,11H2,2-3H3,(H,25,29)(H,26,30). The molecule has 2 aromatic carbocycles. The maximum absolute atomic E-state index is 12.5. The summed E-state index contributed by atoms with van der Waals surface area (Å²) in [6.45, 7) is 5.28. The first-order chi connectivity index (χ1) is 16.3. The molecule has 176 valence electrons. The molecule has 0 spiro atoms. The van der Waals surface area contributed by atoms with Crippen molar-refractivity contribution in [2.24, 2.45) is 0 Å². The molecule has 10 nitrogen and oxygen atoms in total. The third kappa shape index (κ3) is 6.00. The Balaban J connectivity index is 1.72. The number of nitrogens with one attached hydrogen (secondary N) is 2. The van der Waals surface area contributed by atoms with Gasteiger partial charge in [-0.25, -0.2) is 19.2 Å². The van der Waals surface area contributed by atoms with E-state index < -0.39 is 29.9 Å². The molecule has 0 saturated carbocycles. The second-order valence-electron chi connectivity index (χ2n) is 7.03. The number of esters is 1. The number of ether oxygens (including phenoxy) is 3. The summed E-state index contributed by atoms with van der Waals surface area (Å²) in [4.78, 5) is 48.0. The zero-order valence-electron chi connectivity index (χ0n) is 18.5. The second kappa shape index (κ2) is 10.8. The topological polar surface area (TPSA) is 133 Å². The van der Waals surface area contributed by atoms with Crippen molar-refractivity contribution < 1.29 is 33.0 Å². The van der Waals surface area contributed by atoms with Crippen molar-refractivity contribution in [1.29, 1.82) is 0 Å². The zero-order valence-corrected chi connectivity index (χ0v) is 18.5. The molecule has 3 rings (SSSR count). The summed E-state index contributed by atoms with van der Waals surface area (Å²) in [5, 5.41) is 5.72. The van der Waals surface area contributed by atoms with Crippen LogP contribution in [0.2, 0.25) is 0 Å². The number of hydrogen-bond acceptors (Lipinski definition) is 8. The summed E-state index contributed by atoms with van der Waals surface area (Å²) in [6.07, 6.45) is -1.54. The summed E-state index contributed by atoms with van der Waals surface area (Å²) in [5.74, 6) is -0.804. The Morgan fingerprint density at radius 1 is 1.03 bits per heavy atom. The van der Waals surface area contributed by atoms with Crippen LogP contribution in [-0.2, 0) is 19.0 Å². The molecule has 0 fully saturated rings. The van der Waals surface area contributed by atoms with E-state index in [9.17, 15) is 19.2 Å². The van der Waals surface area contributed by atoms with Crippen LogP contribution < -0.4 is 16.3 Å². The van der Waals surface area contributed by atoms with Crippen LogP contribution >= 0.6 is 0 Å². The van der Waals surface area contributed by atoms with E-state index in [1.54, 1.807) is 19.1 Å². The fourth-order valence-corrected chi connectivity index (χ4v) is 3.05. The number of rotatable bonds is 7. The maximum Gasteiger partial charge on any atom is 0.412 e. The Labute approximate surface area is 194 Å². The number of benzene rings is 2. The maximum atomic E-state index is 12.5. The molecule has 0 radical (unpaired) electrons. The average molecular weight is 466 g/mol. The van der Waals surface area contributed by atoms with Crippen LogP contribution in [0.15, 0.2) is 70.4 Å². The fraction of sp³-hybridized carbons (Fsp3) is 0.167. The van der Waals surface area contributed by atoms with E-state index >= 15 is 0 Å². The largest absolute Gasteiger partial charge is 0.466 e. The van der Waals surface area contributed by atoms with Gasteiger partial charge in [-0.1, -0.05) is 24.8 Å². The number of carbonyl (C=O) groups excluding carboxylic acids is 3. The van der Waals surface area contributed by atoms with Gasteiger partial charge < -0.3 is 18.6 Å². The van der Waals surface area contributed by atoms with Crippen LogP contribution in [0.3, 0.4) is 0 Å². The Kier molecular flexibility index (Phi) is 7.65. The van der Waals surface area contributed by atoms with Crippen LogP contribution in [0.25, 0.3) is 11.0 Å². The molecule has 0 aliphatic heterocycles. The van der Waals surface area contributed by atoms with Gasteiger partial charge in [0.1, 0.15) is 12.2 Å². The molecule has 0 saturated heterocycles. The fourth-order valence-electron chi connectivity index (χ4n) is 3.05. The minimum atomic E-state index is -1.37. The van der Waals surface area contributed by atoms with Crippen molar-refractivity contribution in [1.82, 2.24) is 0 Å². The van der Waals surface area contributed by atoms with E-state index in [4.69, 9.17) is 18.6 Å². The summed E-state index contributed by atoms with van der Waals surface area (Å²) >= 11 is 0. The predicted molar refractivity (Wildman–Crippen MR) is 124 cm³/mol. The summed E-state index contributed by atoms with van der Waals surface area (Å²) in [7, 11) is 1.16. The number of amides is 2. The van der Waals surface area contributed by atoms with Crippen LogP contribution in [0.1, 0.15) is 17.2 Å². The Morgan fingerprint density at radius 3 is 2.38 bits per heavy atom. The van der Waals surface area contributed by atoms with Gasteiger partial charge in [0, 0.05) is 34.5 Å². The molecule has 0 aliphatic rings. The van der Waals surface area contributed by atoms with Gasteiger partial charge in [-0.3, -0.25) is 10.6 Å². The van der Waals surface area contributed by atoms with E-state index in [2.05, 4.69) is 17.2 Å². The van der Waals surface area contributed by atoms with Crippen LogP contribution in [0.5, 0.6) is 0 Å². The normalized spacial score (nSPS) is 11.2. The van der Waals surface area contributed by atoms with Gasteiger partial charge in [0.15, 0.2) is 0 Å². The molecule has 34 heavy (non-hydrogen) atoms. The predicted octanol–water partition coefficient (Wildman–Crippen LogP) is 4.30. The quantitative estimate of drug-likeness (QED) is 0.228. The minimum Gasteiger partial charge on any atom is -0.466 e. The van der Waals surface area contributed by atoms with Gasteiger partial charge in [-0.15, -0.1) is 0 Å². The molecule has 1 heterocycles. The number of carbonyl (C=O) groups is 3. The molecule has 0 bridgehead atoms. The number of hydrogen-bond donors (Lipinski definition) is 2. The van der Waals surface area contributed by atoms with E-state index in [-0.39, 0.29) is 6.61 Å². The van der Waals surface area contributed by atoms with E-state index in [1.807, 2.05) is 0 Å². The molecular formula is C24H22N2O8. The highest BCUT2D eigenvalue weighted by atomic mass is 16.6. The Bertz CT molecular complexity index is 1280. The van der Waals surface area contributed by atoms with Gasteiger partial charge >= 0.3 is 23.8 Å². The first-order valence-electron chi connectivity index (χ1n) is 10.1. The SMILES string of the molecule is C=CCOC(=O)Nc1ccc(C(OC(=O)Nc2ccc3c(C)cc(=O)oc3c2)C(=O)OC)cc1. The third-order valence-corrected chi connectivity index (χ3v) is 4.63. The van der Waals surface area contributed by atoms with E-state index in [0.717, 1.165) is 12.7 Å². The first kappa shape index (κ1) is 24.1. The molecule has 1 aromatic heterocycles. The Hall–Kier alpha value is -4.60. The molecule has 3 aromatic rings. The van der Waals surface area contributed by atoms with Crippen molar-refractivity contribution in [2.75, 3.05) is 24.4 Å². The van der Waals surface area contributed by atoms with Gasteiger partial charge in [0.25, 0.3) is 0 Å². The molecular weight excluding hydrogens is 444 g/mol. The van der Waals surface area contributed by atoms with Crippen molar-refractivity contribution in [3.05, 3.63) is 82.7 Å². The average Bonchev–Trinajstić information content (AvgIpc) is 2.81. The lowest BCUT2D eigenvalue weighted by atomic mass is 10.1. The third-order valence-electron chi connectivity index (χ3n) is 4.63. The number of aryl methyl sites for hydroxylation is 1. The molecule has 0 aliphatic carbocycles. The van der Waals surface area contributed by atoms with E-state index in [1.165, 1.54) is 42.5 Å². The van der Waals surface area contributed by atoms with Gasteiger partial charge in [0.05, 0.1) is 7.11 Å². The number of methoxy groups -OCH3 is 1. The highest BCUT2D eigenvalue weighted by Gasteiger charge is 2.26. The molecule has 1 atom stereocenters. The lowest BCUT2D eigenvalue weighted by molar-refractivity contribution is -0.150. The summed E-state index contributed by atoms with van der Waals surface area (Å²) < 4.78 is 20.0. The number of fused-ring (bicyclic) bond motifs is 1. The lowest BCUT2D eigenvalue weighted by Gasteiger charge is -2.17. The van der Waals surface area contributed by atoms with E-state index in [0.29, 0.717) is 27.9 Å². The van der Waals surface area contributed by atoms with Crippen molar-refractivity contribution in [3.8, 4) is 0 Å². The molecule has 2 amide bonds. The van der Waals surface area contributed by atoms with Gasteiger partial charge in [-0.05, 0) is 36.8 Å². The second-order valence-corrected chi connectivity index (χ2v) is 7.03. The van der Waals surface area contributed by atoms with Gasteiger partial charge in [-0.2, -0.15) is 0 Å². The molecule has 2 N–H and O–H groups in total. The van der Waals surface area contributed by atoms with Crippen LogP contribution in [0.4, 0.5) is 21.0 Å². The lowest BCUT2D eigenvalue weighted by Crippen LogP contribution is -2.24. The van der Waals surface area contributed by atoms with Crippen molar-refractivity contribution >= 4 is 40.5 Å². The van der Waals surface area contributed by atoms with Crippen molar-refractivity contribution in [3.63, 3.8) is 0 Å². The molecule has 10 heteroatoms. The Morgan fingerprint density at radius 2 is 1.71 bits per heavy atom. The smallest absolute Gasteiger partial charge is 0.412 e. The number of anilines is 2. The summed E-state index contributed by atoms with van der Waals surface area (Å²) in [6, 6.07) is 12.1. The highest BCUT2D eigenvalue weighted by Crippen LogP contribution is 2.24. The molecule has 1 unspecified atom stereocenters. The van der Waals surface area contributed by atoms with Gasteiger partial charge in [0.2, 0.25) is 6.10 Å². The monoisotopic (exact) mass is 466 g/mol. The van der Waals surface area contributed by atoms with Crippen LogP contribution in [-0.4, -0.2) is 31.9 Å². The minimum absolute atomic E-state index is 0.0558. The van der Waals surface area contributed by atoms with Crippen LogP contribution in [0, 0.1) is 6.92 Å². The zero-order chi connectivity index (χ0) is 24.7. The summed E-state index contributed by atoms with van der Waals surface area (Å²) in [5.41, 5.74) is 1.53.